The highest BCUT2D eigenvalue weighted by molar-refractivity contribution is 5.47. The molecule has 0 aromatic heterocycles. The van der Waals surface area contributed by atoms with E-state index in [1.807, 2.05) is 31.2 Å². The summed E-state index contributed by atoms with van der Waals surface area (Å²) >= 11 is 0. The summed E-state index contributed by atoms with van der Waals surface area (Å²) in [5.41, 5.74) is 0.948. The molecule has 16 heavy (non-hydrogen) atoms. The van der Waals surface area contributed by atoms with Crippen molar-refractivity contribution in [2.45, 2.75) is 19.8 Å². The van der Waals surface area contributed by atoms with E-state index in [1.165, 1.54) is 0 Å². The van der Waals surface area contributed by atoms with Gasteiger partial charge in [-0.1, -0.05) is 0 Å². The highest BCUT2D eigenvalue weighted by Gasteiger charge is 2.42. The van der Waals surface area contributed by atoms with E-state index in [1.54, 1.807) is 0 Å². The largest absolute Gasteiger partial charge is 0.494 e. The fourth-order valence-electron chi connectivity index (χ4n) is 1.59. The maximum absolute atomic E-state index is 8.94. The maximum atomic E-state index is 8.94. The second-order valence-corrected chi connectivity index (χ2v) is 4.20. The van der Waals surface area contributed by atoms with E-state index in [0.717, 1.165) is 30.8 Å². The molecule has 0 saturated heterocycles. The second kappa shape index (κ2) is 4.44. The zero-order valence-corrected chi connectivity index (χ0v) is 9.49. The normalized spacial score (nSPS) is 16.2. The zero-order chi connectivity index (χ0) is 11.4. The Hall–Kier alpha value is -1.69. The molecule has 0 spiro atoms. The molecular formula is C13H16N2O. The topological polar surface area (TPSA) is 45.0 Å². The van der Waals surface area contributed by atoms with Crippen LogP contribution in [0.4, 0.5) is 5.69 Å². The van der Waals surface area contributed by atoms with Gasteiger partial charge in [-0.2, -0.15) is 5.26 Å². The number of nitrogens with one attached hydrogen (secondary N) is 1. The van der Waals surface area contributed by atoms with Gasteiger partial charge in [-0.25, -0.2) is 0 Å². The number of hydrogen-bond donors (Lipinski definition) is 1. The summed E-state index contributed by atoms with van der Waals surface area (Å²) in [7, 11) is 0. The molecule has 0 radical (unpaired) electrons. The van der Waals surface area contributed by atoms with Crippen molar-refractivity contribution < 1.29 is 4.74 Å². The average Bonchev–Trinajstić information content (AvgIpc) is 3.09. The standard InChI is InChI=1S/C13H16N2O/c1-2-16-12-5-3-11(4-6-12)15-10-13(9-14)7-8-13/h3-6,15H,2,7-8,10H2,1H3. The van der Waals surface area contributed by atoms with Crippen LogP contribution in [0.2, 0.25) is 0 Å². The van der Waals surface area contributed by atoms with Gasteiger partial charge in [0.1, 0.15) is 5.75 Å². The van der Waals surface area contributed by atoms with Crippen molar-refractivity contribution in [3.63, 3.8) is 0 Å². The molecule has 0 heterocycles. The Bertz CT molecular complexity index is 387. The highest BCUT2D eigenvalue weighted by atomic mass is 16.5. The molecule has 3 nitrogen and oxygen atoms in total. The van der Waals surface area contributed by atoms with Gasteiger partial charge in [-0.3, -0.25) is 0 Å². The van der Waals surface area contributed by atoms with Gasteiger partial charge in [0.2, 0.25) is 0 Å². The van der Waals surface area contributed by atoms with E-state index in [0.29, 0.717) is 6.61 Å². The van der Waals surface area contributed by atoms with E-state index in [-0.39, 0.29) is 5.41 Å². The third kappa shape index (κ3) is 2.46. The van der Waals surface area contributed by atoms with Crippen LogP contribution in [0.5, 0.6) is 5.75 Å². The zero-order valence-electron chi connectivity index (χ0n) is 9.49. The van der Waals surface area contributed by atoms with Crippen molar-refractivity contribution >= 4 is 5.69 Å². The number of hydrogen-bond acceptors (Lipinski definition) is 3. The van der Waals surface area contributed by atoms with Gasteiger partial charge in [0.15, 0.2) is 0 Å². The van der Waals surface area contributed by atoms with Crippen LogP contribution in [0.15, 0.2) is 24.3 Å². The Morgan fingerprint density at radius 2 is 2.06 bits per heavy atom. The SMILES string of the molecule is CCOc1ccc(NCC2(C#N)CC2)cc1. The summed E-state index contributed by atoms with van der Waals surface area (Å²) in [6.07, 6.45) is 2.04. The molecular weight excluding hydrogens is 200 g/mol. The van der Waals surface area contributed by atoms with Crippen molar-refractivity contribution in [2.24, 2.45) is 5.41 Å². The summed E-state index contributed by atoms with van der Waals surface area (Å²) in [5, 5.41) is 12.2. The number of ether oxygens (including phenoxy) is 1. The van der Waals surface area contributed by atoms with E-state index < -0.39 is 0 Å². The maximum Gasteiger partial charge on any atom is 0.119 e. The van der Waals surface area contributed by atoms with E-state index >= 15 is 0 Å². The van der Waals surface area contributed by atoms with Gasteiger partial charge in [-0.15, -0.1) is 0 Å². The van der Waals surface area contributed by atoms with Crippen LogP contribution in [0.1, 0.15) is 19.8 Å². The Labute approximate surface area is 96.0 Å². The molecule has 0 aliphatic heterocycles. The Morgan fingerprint density at radius 3 is 2.56 bits per heavy atom. The summed E-state index contributed by atoms with van der Waals surface area (Å²) in [5.74, 6) is 0.884. The minimum atomic E-state index is -0.0986. The quantitative estimate of drug-likeness (QED) is 0.823. The van der Waals surface area contributed by atoms with Gasteiger partial charge >= 0.3 is 0 Å². The smallest absolute Gasteiger partial charge is 0.119 e. The van der Waals surface area contributed by atoms with Crippen LogP contribution < -0.4 is 10.1 Å². The number of rotatable bonds is 5. The highest BCUT2D eigenvalue weighted by Crippen LogP contribution is 2.44. The second-order valence-electron chi connectivity index (χ2n) is 4.20. The molecule has 1 N–H and O–H groups in total. The van der Waals surface area contributed by atoms with Crippen molar-refractivity contribution in [1.82, 2.24) is 0 Å². The fraction of sp³-hybridized carbons (Fsp3) is 0.462. The van der Waals surface area contributed by atoms with Crippen LogP contribution in [-0.2, 0) is 0 Å². The first-order chi connectivity index (χ1) is 7.78. The number of nitriles is 1. The lowest BCUT2D eigenvalue weighted by Gasteiger charge is -2.10. The first-order valence-corrected chi connectivity index (χ1v) is 5.66. The third-order valence-corrected chi connectivity index (χ3v) is 2.89. The van der Waals surface area contributed by atoms with Gasteiger partial charge in [-0.05, 0) is 44.0 Å². The summed E-state index contributed by atoms with van der Waals surface area (Å²) in [4.78, 5) is 0. The molecule has 3 heteroatoms. The summed E-state index contributed by atoms with van der Waals surface area (Å²) < 4.78 is 5.36. The Balaban J connectivity index is 1.88. The van der Waals surface area contributed by atoms with E-state index in [2.05, 4.69) is 11.4 Å². The predicted octanol–water partition coefficient (Wildman–Crippen LogP) is 2.80. The van der Waals surface area contributed by atoms with E-state index in [9.17, 15) is 0 Å². The van der Waals surface area contributed by atoms with Gasteiger partial charge in [0.25, 0.3) is 0 Å². The molecule has 1 saturated carbocycles. The summed E-state index contributed by atoms with van der Waals surface area (Å²) in [6, 6.07) is 10.2. The molecule has 1 aromatic carbocycles. The molecule has 1 fully saturated rings. The molecule has 1 aliphatic carbocycles. The molecule has 0 bridgehead atoms. The van der Waals surface area contributed by atoms with Crippen molar-refractivity contribution in [2.75, 3.05) is 18.5 Å². The number of benzene rings is 1. The third-order valence-electron chi connectivity index (χ3n) is 2.89. The molecule has 84 valence electrons. The van der Waals surface area contributed by atoms with Crippen molar-refractivity contribution in [3.05, 3.63) is 24.3 Å². The van der Waals surface area contributed by atoms with Crippen LogP contribution >= 0.6 is 0 Å². The van der Waals surface area contributed by atoms with Crippen molar-refractivity contribution in [3.8, 4) is 11.8 Å². The molecule has 1 aliphatic rings. The molecule has 1 aromatic rings. The van der Waals surface area contributed by atoms with Gasteiger partial charge in [0, 0.05) is 12.2 Å². The summed E-state index contributed by atoms with van der Waals surface area (Å²) in [6.45, 7) is 3.40. The first kappa shape index (κ1) is 10.8. The molecule has 0 unspecified atom stereocenters. The van der Waals surface area contributed by atoms with E-state index in [4.69, 9.17) is 10.00 Å². The monoisotopic (exact) mass is 216 g/mol. The van der Waals surface area contributed by atoms with Crippen LogP contribution in [-0.4, -0.2) is 13.2 Å². The fourth-order valence-corrected chi connectivity index (χ4v) is 1.59. The van der Waals surface area contributed by atoms with Crippen molar-refractivity contribution in [1.29, 1.82) is 5.26 Å². The molecule has 0 atom stereocenters. The minimum absolute atomic E-state index is 0.0986. The molecule has 0 amide bonds. The average molecular weight is 216 g/mol. The Morgan fingerprint density at radius 1 is 1.38 bits per heavy atom. The van der Waals surface area contributed by atoms with Crippen LogP contribution in [0.3, 0.4) is 0 Å². The number of nitrogens with zero attached hydrogens (tertiary/aromatic N) is 1. The van der Waals surface area contributed by atoms with Crippen LogP contribution in [0, 0.1) is 16.7 Å². The van der Waals surface area contributed by atoms with Gasteiger partial charge in [0.05, 0.1) is 18.1 Å². The minimum Gasteiger partial charge on any atom is -0.494 e. The van der Waals surface area contributed by atoms with Gasteiger partial charge < -0.3 is 10.1 Å². The lowest BCUT2D eigenvalue weighted by Crippen LogP contribution is -2.13. The lowest BCUT2D eigenvalue weighted by atomic mass is 10.1. The predicted molar refractivity (Wildman–Crippen MR) is 63.4 cm³/mol. The lowest BCUT2D eigenvalue weighted by molar-refractivity contribution is 0.340. The first-order valence-electron chi connectivity index (χ1n) is 5.66. The Kier molecular flexibility index (Phi) is 3.00. The number of anilines is 1. The van der Waals surface area contributed by atoms with Crippen LogP contribution in [0.25, 0.3) is 0 Å². The molecule has 2 rings (SSSR count).